The smallest absolute Gasteiger partial charge is 0.326 e. The normalized spacial score (nSPS) is 13.3. The van der Waals surface area contributed by atoms with Crippen molar-refractivity contribution in [3.8, 4) is 5.75 Å². The van der Waals surface area contributed by atoms with Gasteiger partial charge in [-0.25, -0.2) is 4.79 Å². The number of hydrogen-bond donors (Lipinski definition) is 2. The predicted octanol–water partition coefficient (Wildman–Crippen LogP) is 2.51. The zero-order chi connectivity index (χ0) is 16.0. The molecular formula is C15H20ClNO4. The number of hydrogen-bond acceptors (Lipinski definition) is 3. The third-order valence-corrected chi connectivity index (χ3v) is 3.76. The molecule has 0 radical (unpaired) electrons. The fraction of sp³-hybridized carbons (Fsp3) is 0.467. The summed E-state index contributed by atoms with van der Waals surface area (Å²) in [5.74, 6) is -0.932. The number of carbonyl (C=O) groups excluding carboxylic acids is 1. The predicted molar refractivity (Wildman–Crippen MR) is 80.7 cm³/mol. The van der Waals surface area contributed by atoms with E-state index in [1.807, 2.05) is 6.92 Å². The topological polar surface area (TPSA) is 75.6 Å². The highest BCUT2D eigenvalue weighted by molar-refractivity contribution is 6.31. The molecule has 0 heterocycles. The van der Waals surface area contributed by atoms with E-state index in [1.54, 1.807) is 25.1 Å². The largest absolute Gasteiger partial charge is 0.497 e. The van der Waals surface area contributed by atoms with Crippen molar-refractivity contribution in [2.45, 2.75) is 32.7 Å². The highest BCUT2D eigenvalue weighted by atomic mass is 35.5. The first-order chi connectivity index (χ1) is 9.88. The van der Waals surface area contributed by atoms with Crippen LogP contribution < -0.4 is 10.1 Å². The number of rotatable bonds is 7. The molecule has 0 aromatic heterocycles. The molecule has 0 aliphatic carbocycles. The number of benzene rings is 1. The summed E-state index contributed by atoms with van der Waals surface area (Å²) in [7, 11) is 1.53. The molecule has 2 atom stereocenters. The maximum atomic E-state index is 12.0. The minimum Gasteiger partial charge on any atom is -0.497 e. The van der Waals surface area contributed by atoms with E-state index in [9.17, 15) is 9.59 Å². The number of methoxy groups -OCH3 is 1. The lowest BCUT2D eigenvalue weighted by molar-refractivity contribution is -0.143. The van der Waals surface area contributed by atoms with Gasteiger partial charge in [0.2, 0.25) is 5.91 Å². The second-order valence-corrected chi connectivity index (χ2v) is 5.31. The molecule has 0 saturated heterocycles. The minimum atomic E-state index is -1.03. The van der Waals surface area contributed by atoms with E-state index in [0.29, 0.717) is 22.8 Å². The van der Waals surface area contributed by atoms with Crippen molar-refractivity contribution in [3.63, 3.8) is 0 Å². The monoisotopic (exact) mass is 313 g/mol. The summed E-state index contributed by atoms with van der Waals surface area (Å²) in [6.07, 6.45) is 0.698. The third-order valence-electron chi connectivity index (χ3n) is 3.41. The summed E-state index contributed by atoms with van der Waals surface area (Å²) in [5.41, 5.74) is 0.628. The molecule has 0 bridgehead atoms. The van der Waals surface area contributed by atoms with Crippen molar-refractivity contribution >= 4 is 23.5 Å². The molecule has 1 rings (SSSR count). The van der Waals surface area contributed by atoms with Gasteiger partial charge in [0, 0.05) is 5.02 Å². The van der Waals surface area contributed by atoms with Crippen molar-refractivity contribution in [1.29, 1.82) is 0 Å². The molecule has 0 aliphatic heterocycles. The van der Waals surface area contributed by atoms with Crippen LogP contribution in [0.5, 0.6) is 5.75 Å². The lowest BCUT2D eigenvalue weighted by Gasteiger charge is -2.20. The van der Waals surface area contributed by atoms with Gasteiger partial charge in [0.1, 0.15) is 11.8 Å². The maximum absolute atomic E-state index is 12.0. The van der Waals surface area contributed by atoms with E-state index in [0.717, 1.165) is 0 Å². The molecule has 0 aliphatic rings. The van der Waals surface area contributed by atoms with Crippen LogP contribution in [0.25, 0.3) is 0 Å². The van der Waals surface area contributed by atoms with Gasteiger partial charge >= 0.3 is 5.97 Å². The van der Waals surface area contributed by atoms with Gasteiger partial charge in [0.25, 0.3) is 0 Å². The molecule has 2 N–H and O–H groups in total. The van der Waals surface area contributed by atoms with Gasteiger partial charge in [-0.05, 0) is 23.6 Å². The Morgan fingerprint density at radius 2 is 2.10 bits per heavy atom. The van der Waals surface area contributed by atoms with Crippen LogP contribution in [0.2, 0.25) is 5.02 Å². The molecule has 21 heavy (non-hydrogen) atoms. The zero-order valence-electron chi connectivity index (χ0n) is 12.4. The fourth-order valence-electron chi connectivity index (χ4n) is 1.88. The van der Waals surface area contributed by atoms with Crippen LogP contribution in [-0.2, 0) is 16.0 Å². The molecule has 0 spiro atoms. The van der Waals surface area contributed by atoms with E-state index >= 15 is 0 Å². The number of carboxylic acid groups (broad SMARTS) is 1. The second kappa shape index (κ2) is 7.88. The van der Waals surface area contributed by atoms with Crippen LogP contribution in [0.15, 0.2) is 18.2 Å². The Morgan fingerprint density at radius 1 is 1.43 bits per heavy atom. The summed E-state index contributed by atoms with van der Waals surface area (Å²) >= 11 is 6.06. The number of nitrogens with one attached hydrogen (secondary N) is 1. The van der Waals surface area contributed by atoms with Gasteiger partial charge in [-0.2, -0.15) is 0 Å². The highest BCUT2D eigenvalue weighted by Crippen LogP contribution is 2.22. The number of ether oxygens (including phenoxy) is 1. The molecular weight excluding hydrogens is 294 g/mol. The van der Waals surface area contributed by atoms with Crippen molar-refractivity contribution in [1.82, 2.24) is 5.32 Å². The Hall–Kier alpha value is -1.75. The van der Waals surface area contributed by atoms with Crippen molar-refractivity contribution < 1.29 is 19.4 Å². The van der Waals surface area contributed by atoms with E-state index in [-0.39, 0.29) is 18.2 Å². The highest BCUT2D eigenvalue weighted by Gasteiger charge is 2.25. The number of amides is 1. The third kappa shape index (κ3) is 4.93. The minimum absolute atomic E-state index is 0.0308. The van der Waals surface area contributed by atoms with Gasteiger partial charge in [-0.3, -0.25) is 4.79 Å². The lowest BCUT2D eigenvalue weighted by Crippen LogP contribution is -2.45. The average molecular weight is 314 g/mol. The van der Waals surface area contributed by atoms with Gasteiger partial charge in [0.15, 0.2) is 0 Å². The molecule has 1 amide bonds. The first-order valence-electron chi connectivity index (χ1n) is 6.73. The van der Waals surface area contributed by atoms with Gasteiger partial charge in [-0.1, -0.05) is 37.9 Å². The summed E-state index contributed by atoms with van der Waals surface area (Å²) in [4.78, 5) is 23.2. The van der Waals surface area contributed by atoms with Crippen LogP contribution in [0.3, 0.4) is 0 Å². The molecule has 0 fully saturated rings. The van der Waals surface area contributed by atoms with Crippen LogP contribution >= 0.6 is 11.6 Å². The Morgan fingerprint density at radius 3 is 2.57 bits per heavy atom. The van der Waals surface area contributed by atoms with Crippen LogP contribution in [0.4, 0.5) is 0 Å². The Labute approximate surface area is 129 Å². The van der Waals surface area contributed by atoms with Crippen LogP contribution in [-0.4, -0.2) is 30.1 Å². The number of halogens is 1. The summed E-state index contributed by atoms with van der Waals surface area (Å²) < 4.78 is 5.03. The Kier molecular flexibility index (Phi) is 6.49. The molecule has 6 heteroatoms. The van der Waals surface area contributed by atoms with E-state index < -0.39 is 12.0 Å². The molecule has 116 valence electrons. The Balaban J connectivity index is 2.74. The van der Waals surface area contributed by atoms with Crippen molar-refractivity contribution in [2.75, 3.05) is 7.11 Å². The number of aliphatic carboxylic acids is 1. The standard InChI is InChI=1S/C15H20ClNO4/c1-4-9(2)14(15(19)20)17-13(18)7-10-5-6-11(21-3)8-12(10)16/h5-6,8-9,14H,4,7H2,1-3H3,(H,17,18)(H,19,20). The molecule has 1 aromatic carbocycles. The first-order valence-corrected chi connectivity index (χ1v) is 7.11. The SMILES string of the molecule is CCC(C)C(NC(=O)Cc1ccc(OC)cc1Cl)C(=O)O. The maximum Gasteiger partial charge on any atom is 0.326 e. The summed E-state index contributed by atoms with van der Waals surface area (Å²) in [6.45, 7) is 3.67. The summed E-state index contributed by atoms with van der Waals surface area (Å²) in [6, 6.07) is 4.13. The molecule has 1 aromatic rings. The van der Waals surface area contributed by atoms with Crippen LogP contribution in [0.1, 0.15) is 25.8 Å². The quantitative estimate of drug-likeness (QED) is 0.811. The van der Waals surface area contributed by atoms with Crippen molar-refractivity contribution in [2.24, 2.45) is 5.92 Å². The first kappa shape index (κ1) is 17.3. The molecule has 2 unspecified atom stereocenters. The second-order valence-electron chi connectivity index (χ2n) is 4.90. The average Bonchev–Trinajstić information content (AvgIpc) is 2.45. The fourth-order valence-corrected chi connectivity index (χ4v) is 2.12. The van der Waals surface area contributed by atoms with Gasteiger partial charge < -0.3 is 15.2 Å². The summed E-state index contributed by atoms with van der Waals surface area (Å²) in [5, 5.41) is 12.1. The Bertz CT molecular complexity index is 518. The lowest BCUT2D eigenvalue weighted by atomic mass is 9.99. The van der Waals surface area contributed by atoms with E-state index in [1.165, 1.54) is 7.11 Å². The van der Waals surface area contributed by atoms with E-state index in [4.69, 9.17) is 21.4 Å². The molecule has 5 nitrogen and oxygen atoms in total. The number of carbonyl (C=O) groups is 2. The number of carboxylic acids is 1. The van der Waals surface area contributed by atoms with Crippen molar-refractivity contribution in [3.05, 3.63) is 28.8 Å². The van der Waals surface area contributed by atoms with E-state index in [2.05, 4.69) is 5.32 Å². The molecule has 0 saturated carbocycles. The van der Waals surface area contributed by atoms with Gasteiger partial charge in [-0.15, -0.1) is 0 Å². The zero-order valence-corrected chi connectivity index (χ0v) is 13.1. The van der Waals surface area contributed by atoms with Gasteiger partial charge in [0.05, 0.1) is 13.5 Å². The van der Waals surface area contributed by atoms with Crippen LogP contribution in [0, 0.1) is 5.92 Å².